The van der Waals surface area contributed by atoms with E-state index in [1.807, 2.05) is 43.5 Å². The summed E-state index contributed by atoms with van der Waals surface area (Å²) in [6.07, 6.45) is 1.89. The molecule has 106 valence electrons. The van der Waals surface area contributed by atoms with Gasteiger partial charge in [-0.15, -0.1) is 0 Å². The van der Waals surface area contributed by atoms with Gasteiger partial charge in [-0.25, -0.2) is 0 Å². The molecular formula is C16H20N2O2. The molecule has 0 atom stereocenters. The van der Waals surface area contributed by atoms with Crippen LogP contribution in [0.3, 0.4) is 0 Å². The van der Waals surface area contributed by atoms with Gasteiger partial charge in [0.2, 0.25) is 0 Å². The minimum absolute atomic E-state index is 0.557. The number of hydrogen-bond acceptors (Lipinski definition) is 4. The first-order valence-electron chi connectivity index (χ1n) is 6.65. The molecule has 0 aliphatic rings. The van der Waals surface area contributed by atoms with Crippen molar-refractivity contribution in [1.82, 2.24) is 4.98 Å². The van der Waals surface area contributed by atoms with E-state index in [1.54, 1.807) is 7.11 Å². The molecule has 0 unspecified atom stereocenters. The Morgan fingerprint density at radius 3 is 2.80 bits per heavy atom. The van der Waals surface area contributed by atoms with Gasteiger partial charge in [-0.3, -0.25) is 4.98 Å². The molecule has 0 aliphatic carbocycles. The third-order valence-corrected chi connectivity index (χ3v) is 2.86. The van der Waals surface area contributed by atoms with Crippen LogP contribution in [0.25, 0.3) is 0 Å². The molecule has 2 rings (SSSR count). The molecule has 0 radical (unpaired) electrons. The molecule has 1 aromatic carbocycles. The van der Waals surface area contributed by atoms with E-state index >= 15 is 0 Å². The number of nitrogens with zero attached hydrogens (tertiary/aromatic N) is 1. The van der Waals surface area contributed by atoms with Crippen LogP contribution in [0.5, 0.6) is 5.75 Å². The van der Waals surface area contributed by atoms with Gasteiger partial charge in [0.05, 0.1) is 6.61 Å². The van der Waals surface area contributed by atoms with Crippen LogP contribution in [-0.4, -0.2) is 25.3 Å². The number of ether oxygens (including phenoxy) is 2. The lowest BCUT2D eigenvalue weighted by atomic mass is 10.2. The Morgan fingerprint density at radius 1 is 1.15 bits per heavy atom. The van der Waals surface area contributed by atoms with Crippen LogP contribution in [0.2, 0.25) is 0 Å². The quantitative estimate of drug-likeness (QED) is 0.787. The fourth-order valence-electron chi connectivity index (χ4n) is 1.75. The van der Waals surface area contributed by atoms with Gasteiger partial charge >= 0.3 is 0 Å². The van der Waals surface area contributed by atoms with E-state index < -0.39 is 0 Å². The molecular weight excluding hydrogens is 252 g/mol. The summed E-state index contributed by atoms with van der Waals surface area (Å²) in [7, 11) is 1.66. The molecule has 0 aliphatic heterocycles. The Hall–Kier alpha value is -2.07. The number of anilines is 1. The van der Waals surface area contributed by atoms with Crippen LogP contribution in [0.15, 0.2) is 42.6 Å². The van der Waals surface area contributed by atoms with Crippen molar-refractivity contribution in [2.75, 3.05) is 25.6 Å². The maximum Gasteiger partial charge on any atom is 0.121 e. The molecule has 0 saturated carbocycles. The van der Waals surface area contributed by atoms with E-state index in [1.165, 1.54) is 0 Å². The fourth-order valence-corrected chi connectivity index (χ4v) is 1.75. The summed E-state index contributed by atoms with van der Waals surface area (Å²) in [5, 5.41) is 3.36. The van der Waals surface area contributed by atoms with E-state index in [4.69, 9.17) is 9.47 Å². The largest absolute Gasteiger partial charge is 0.491 e. The second kappa shape index (κ2) is 7.50. The second-order valence-corrected chi connectivity index (χ2v) is 4.53. The van der Waals surface area contributed by atoms with Gasteiger partial charge in [0.1, 0.15) is 12.4 Å². The number of methoxy groups -OCH3 is 1. The number of rotatable bonds is 7. The lowest BCUT2D eigenvalue weighted by Gasteiger charge is -2.09. The van der Waals surface area contributed by atoms with Gasteiger partial charge < -0.3 is 14.8 Å². The van der Waals surface area contributed by atoms with E-state index in [0.29, 0.717) is 13.2 Å². The van der Waals surface area contributed by atoms with Crippen molar-refractivity contribution < 1.29 is 9.47 Å². The highest BCUT2D eigenvalue weighted by Gasteiger charge is 1.98. The Balaban J connectivity index is 1.89. The van der Waals surface area contributed by atoms with Crippen molar-refractivity contribution in [2.24, 2.45) is 0 Å². The molecule has 0 bridgehead atoms. The number of pyridine rings is 1. The molecule has 4 nitrogen and oxygen atoms in total. The van der Waals surface area contributed by atoms with Crippen LogP contribution >= 0.6 is 0 Å². The Labute approximate surface area is 119 Å². The molecule has 4 heteroatoms. The predicted molar refractivity (Wildman–Crippen MR) is 80.1 cm³/mol. The molecule has 0 spiro atoms. The van der Waals surface area contributed by atoms with Crippen LogP contribution in [0.1, 0.15) is 11.3 Å². The molecule has 0 fully saturated rings. The lowest BCUT2D eigenvalue weighted by molar-refractivity contribution is 0.146. The van der Waals surface area contributed by atoms with Crippen molar-refractivity contribution in [3.8, 4) is 5.75 Å². The summed E-state index contributed by atoms with van der Waals surface area (Å²) in [6.45, 7) is 3.88. The maximum absolute atomic E-state index is 5.58. The smallest absolute Gasteiger partial charge is 0.121 e. The van der Waals surface area contributed by atoms with Gasteiger partial charge in [0.15, 0.2) is 0 Å². The monoisotopic (exact) mass is 272 g/mol. The topological polar surface area (TPSA) is 43.4 Å². The Kier molecular flexibility index (Phi) is 5.38. The first-order chi connectivity index (χ1) is 9.78. The Bertz CT molecular complexity index is 526. The summed E-state index contributed by atoms with van der Waals surface area (Å²) in [6, 6.07) is 12.0. The minimum Gasteiger partial charge on any atom is -0.491 e. The van der Waals surface area contributed by atoms with Gasteiger partial charge in [-0.05, 0) is 30.7 Å². The summed E-state index contributed by atoms with van der Waals surface area (Å²) in [5.74, 6) is 0.842. The zero-order valence-corrected chi connectivity index (χ0v) is 11.9. The zero-order valence-electron chi connectivity index (χ0n) is 11.9. The first kappa shape index (κ1) is 14.3. The van der Waals surface area contributed by atoms with Gasteiger partial charge in [0.25, 0.3) is 0 Å². The number of aromatic nitrogens is 1. The number of aryl methyl sites for hydroxylation is 1. The molecule has 2 aromatic rings. The third-order valence-electron chi connectivity index (χ3n) is 2.86. The predicted octanol–water partition coefficient (Wildman–Crippen LogP) is 3.03. The number of nitrogens with one attached hydrogen (secondary N) is 1. The average molecular weight is 272 g/mol. The van der Waals surface area contributed by atoms with Gasteiger partial charge in [-0.2, -0.15) is 0 Å². The number of hydrogen-bond donors (Lipinski definition) is 1. The highest BCUT2D eigenvalue weighted by Crippen LogP contribution is 2.18. The van der Waals surface area contributed by atoms with Crippen LogP contribution in [0, 0.1) is 6.92 Å². The molecule has 1 aromatic heterocycles. The SMILES string of the molecule is COCCOc1cccc(NCc2ccc(C)nc2)c1. The van der Waals surface area contributed by atoms with Crippen molar-refractivity contribution >= 4 is 5.69 Å². The molecule has 20 heavy (non-hydrogen) atoms. The van der Waals surface area contributed by atoms with Gasteiger partial charge in [-0.1, -0.05) is 12.1 Å². The highest BCUT2D eigenvalue weighted by atomic mass is 16.5. The van der Waals surface area contributed by atoms with Crippen molar-refractivity contribution in [3.05, 3.63) is 53.9 Å². The van der Waals surface area contributed by atoms with Crippen molar-refractivity contribution in [1.29, 1.82) is 0 Å². The first-order valence-corrected chi connectivity index (χ1v) is 6.65. The fraction of sp³-hybridized carbons (Fsp3) is 0.312. The standard InChI is InChI=1S/C16H20N2O2/c1-13-6-7-14(11-17-13)12-18-15-4-3-5-16(10-15)20-9-8-19-2/h3-7,10-11,18H,8-9,12H2,1-2H3. The average Bonchev–Trinajstić information content (AvgIpc) is 2.47. The summed E-state index contributed by atoms with van der Waals surface area (Å²) in [5.41, 5.74) is 3.21. The number of benzene rings is 1. The summed E-state index contributed by atoms with van der Waals surface area (Å²) < 4.78 is 10.5. The molecule has 1 N–H and O–H groups in total. The van der Waals surface area contributed by atoms with E-state index in [2.05, 4.69) is 16.4 Å². The van der Waals surface area contributed by atoms with Crippen molar-refractivity contribution in [2.45, 2.75) is 13.5 Å². The molecule has 0 saturated heterocycles. The Morgan fingerprint density at radius 2 is 2.05 bits per heavy atom. The van der Waals surface area contributed by atoms with Gasteiger partial charge in [0, 0.05) is 37.3 Å². The van der Waals surface area contributed by atoms with Crippen LogP contribution < -0.4 is 10.1 Å². The minimum atomic E-state index is 0.557. The zero-order chi connectivity index (χ0) is 14.2. The third kappa shape index (κ3) is 4.55. The second-order valence-electron chi connectivity index (χ2n) is 4.53. The molecule has 0 amide bonds. The van der Waals surface area contributed by atoms with Crippen LogP contribution in [0.4, 0.5) is 5.69 Å². The maximum atomic E-state index is 5.58. The van der Waals surface area contributed by atoms with E-state index in [-0.39, 0.29) is 0 Å². The highest BCUT2D eigenvalue weighted by molar-refractivity contribution is 5.48. The normalized spacial score (nSPS) is 10.3. The van der Waals surface area contributed by atoms with Crippen LogP contribution in [-0.2, 0) is 11.3 Å². The summed E-state index contributed by atoms with van der Waals surface area (Å²) in [4.78, 5) is 4.28. The van der Waals surface area contributed by atoms with Crippen molar-refractivity contribution in [3.63, 3.8) is 0 Å². The lowest BCUT2D eigenvalue weighted by Crippen LogP contribution is -2.05. The summed E-state index contributed by atoms with van der Waals surface area (Å²) >= 11 is 0. The van der Waals surface area contributed by atoms with E-state index in [0.717, 1.165) is 29.2 Å². The molecule has 1 heterocycles. The van der Waals surface area contributed by atoms with E-state index in [9.17, 15) is 0 Å².